The molecule has 1 aromatic rings. The molecule has 0 spiro atoms. The van der Waals surface area contributed by atoms with Crippen LogP contribution in [0.5, 0.6) is 11.5 Å². The zero-order chi connectivity index (χ0) is 14.7. The number of benzene rings is 1. The number of carbonyl (C=O) groups excluding carboxylic acids is 1. The summed E-state index contributed by atoms with van der Waals surface area (Å²) in [6.07, 6.45) is 0.148. The van der Waals surface area contributed by atoms with Crippen LogP contribution < -0.4 is 14.4 Å². The first-order valence-electron chi connectivity index (χ1n) is 6.41. The first-order chi connectivity index (χ1) is 9.56. The van der Waals surface area contributed by atoms with Crippen molar-refractivity contribution >= 4 is 17.6 Å². The third-order valence-electron chi connectivity index (χ3n) is 3.20. The predicted molar refractivity (Wildman–Crippen MR) is 72.3 cm³/mol. The van der Waals surface area contributed by atoms with Gasteiger partial charge in [-0.2, -0.15) is 0 Å². The summed E-state index contributed by atoms with van der Waals surface area (Å²) < 4.78 is 10.7. The Morgan fingerprint density at radius 1 is 1.50 bits per heavy atom. The molecule has 0 fully saturated rings. The first-order valence-corrected chi connectivity index (χ1v) is 6.41. The average molecular weight is 279 g/mol. The fourth-order valence-electron chi connectivity index (χ4n) is 2.25. The Hall–Kier alpha value is -2.24. The highest BCUT2D eigenvalue weighted by Gasteiger charge is 2.33. The summed E-state index contributed by atoms with van der Waals surface area (Å²) in [6, 6.07) is 4.66. The number of nitrogens with zero attached hydrogens (tertiary/aromatic N) is 1. The van der Waals surface area contributed by atoms with E-state index in [0.717, 1.165) is 0 Å². The van der Waals surface area contributed by atoms with E-state index in [4.69, 9.17) is 14.6 Å². The number of anilines is 1. The number of carbonyl (C=O) groups is 2. The number of methoxy groups -OCH3 is 1. The minimum absolute atomic E-state index is 0.131. The van der Waals surface area contributed by atoms with Crippen molar-refractivity contribution in [3.8, 4) is 11.5 Å². The molecule has 2 rings (SSSR count). The molecule has 0 saturated carbocycles. The van der Waals surface area contributed by atoms with Crippen LogP contribution in [0.15, 0.2) is 18.2 Å². The molecular formula is C14H17NO5. The third-order valence-corrected chi connectivity index (χ3v) is 3.20. The molecule has 0 bridgehead atoms. The Labute approximate surface area is 116 Å². The van der Waals surface area contributed by atoms with Crippen molar-refractivity contribution in [3.63, 3.8) is 0 Å². The Balaban J connectivity index is 2.42. The summed E-state index contributed by atoms with van der Waals surface area (Å²) >= 11 is 0. The number of carboxylic acids is 1. The topological polar surface area (TPSA) is 76.1 Å². The van der Waals surface area contributed by atoms with Gasteiger partial charge in [0, 0.05) is 12.5 Å². The molecule has 1 aliphatic heterocycles. The number of aliphatic carboxylic acids is 1. The van der Waals surface area contributed by atoms with E-state index in [-0.39, 0.29) is 18.9 Å². The number of hydrogen-bond donors (Lipinski definition) is 1. The summed E-state index contributed by atoms with van der Waals surface area (Å²) in [7, 11) is 1.53. The van der Waals surface area contributed by atoms with E-state index in [2.05, 4.69) is 0 Å². The molecule has 0 unspecified atom stereocenters. The van der Waals surface area contributed by atoms with Gasteiger partial charge >= 0.3 is 5.97 Å². The maximum absolute atomic E-state index is 12.2. The second-order valence-electron chi connectivity index (χ2n) is 4.51. The number of carboxylic acid groups (broad SMARTS) is 1. The zero-order valence-electron chi connectivity index (χ0n) is 11.5. The molecule has 108 valence electrons. The fourth-order valence-corrected chi connectivity index (χ4v) is 2.25. The summed E-state index contributed by atoms with van der Waals surface area (Å²) in [6.45, 7) is 1.92. The van der Waals surface area contributed by atoms with E-state index >= 15 is 0 Å². The van der Waals surface area contributed by atoms with Gasteiger partial charge in [-0.05, 0) is 12.1 Å². The largest absolute Gasteiger partial charge is 0.497 e. The van der Waals surface area contributed by atoms with Crippen LogP contribution in [0, 0.1) is 0 Å². The van der Waals surface area contributed by atoms with Crippen LogP contribution in [-0.2, 0) is 9.59 Å². The van der Waals surface area contributed by atoms with Crippen molar-refractivity contribution < 1.29 is 24.2 Å². The van der Waals surface area contributed by atoms with E-state index in [1.807, 2.05) is 0 Å². The monoisotopic (exact) mass is 279 g/mol. The van der Waals surface area contributed by atoms with Gasteiger partial charge in [0.1, 0.15) is 18.1 Å². The SMILES string of the molecule is CCC(=O)N1c2cc(OC)ccc2OC[C@@H]1CC(=O)O. The molecule has 1 amide bonds. The molecule has 1 aromatic carbocycles. The highest BCUT2D eigenvalue weighted by molar-refractivity contribution is 5.96. The molecule has 0 aromatic heterocycles. The molecule has 6 nitrogen and oxygen atoms in total. The Bertz CT molecular complexity index is 528. The van der Waals surface area contributed by atoms with E-state index in [9.17, 15) is 9.59 Å². The first kappa shape index (κ1) is 14.2. The van der Waals surface area contributed by atoms with Crippen LogP contribution in [0.3, 0.4) is 0 Å². The van der Waals surface area contributed by atoms with Crippen LogP contribution in [-0.4, -0.2) is 36.7 Å². The highest BCUT2D eigenvalue weighted by Crippen LogP contribution is 2.37. The highest BCUT2D eigenvalue weighted by atomic mass is 16.5. The molecule has 6 heteroatoms. The minimum atomic E-state index is -0.959. The van der Waals surface area contributed by atoms with E-state index in [0.29, 0.717) is 23.6 Å². The van der Waals surface area contributed by atoms with Crippen LogP contribution in [0.2, 0.25) is 0 Å². The van der Waals surface area contributed by atoms with Crippen molar-refractivity contribution in [2.24, 2.45) is 0 Å². The minimum Gasteiger partial charge on any atom is -0.497 e. The van der Waals surface area contributed by atoms with Gasteiger partial charge in [-0.25, -0.2) is 0 Å². The number of hydrogen-bond acceptors (Lipinski definition) is 4. The molecule has 0 saturated heterocycles. The van der Waals surface area contributed by atoms with Crippen molar-refractivity contribution in [2.75, 3.05) is 18.6 Å². The smallest absolute Gasteiger partial charge is 0.305 e. The number of rotatable bonds is 4. The second-order valence-corrected chi connectivity index (χ2v) is 4.51. The molecular weight excluding hydrogens is 262 g/mol. The van der Waals surface area contributed by atoms with Crippen molar-refractivity contribution in [3.05, 3.63) is 18.2 Å². The normalized spacial score (nSPS) is 17.1. The molecule has 20 heavy (non-hydrogen) atoms. The number of fused-ring (bicyclic) bond motifs is 1. The fraction of sp³-hybridized carbons (Fsp3) is 0.429. The van der Waals surface area contributed by atoms with Gasteiger partial charge < -0.3 is 19.5 Å². The molecule has 1 aliphatic rings. The maximum Gasteiger partial charge on any atom is 0.305 e. The van der Waals surface area contributed by atoms with Gasteiger partial charge in [0.25, 0.3) is 0 Å². The Morgan fingerprint density at radius 3 is 2.85 bits per heavy atom. The van der Waals surface area contributed by atoms with E-state index in [1.165, 1.54) is 12.0 Å². The Morgan fingerprint density at radius 2 is 2.25 bits per heavy atom. The molecule has 1 heterocycles. The lowest BCUT2D eigenvalue weighted by Gasteiger charge is -2.36. The van der Waals surface area contributed by atoms with Crippen LogP contribution in [0.1, 0.15) is 19.8 Å². The van der Waals surface area contributed by atoms with E-state index in [1.54, 1.807) is 25.1 Å². The summed E-state index contributed by atoms with van der Waals surface area (Å²) in [5.74, 6) is 0.0689. The molecule has 0 radical (unpaired) electrons. The maximum atomic E-state index is 12.2. The number of amides is 1. The van der Waals surface area contributed by atoms with Gasteiger partial charge in [-0.15, -0.1) is 0 Å². The van der Waals surface area contributed by atoms with Crippen molar-refractivity contribution in [1.82, 2.24) is 0 Å². The lowest BCUT2D eigenvalue weighted by Crippen LogP contribution is -2.47. The average Bonchev–Trinajstić information content (AvgIpc) is 2.45. The quantitative estimate of drug-likeness (QED) is 0.907. The van der Waals surface area contributed by atoms with Gasteiger partial charge in [-0.1, -0.05) is 6.92 Å². The second kappa shape index (κ2) is 5.81. The van der Waals surface area contributed by atoms with Crippen LogP contribution in [0.25, 0.3) is 0 Å². The lowest BCUT2D eigenvalue weighted by molar-refractivity contribution is -0.137. The van der Waals surface area contributed by atoms with Crippen molar-refractivity contribution in [1.29, 1.82) is 0 Å². The number of ether oxygens (including phenoxy) is 2. The van der Waals surface area contributed by atoms with Gasteiger partial charge in [-0.3, -0.25) is 9.59 Å². The molecule has 1 atom stereocenters. The molecule has 1 N–H and O–H groups in total. The molecule has 0 aliphatic carbocycles. The zero-order valence-corrected chi connectivity index (χ0v) is 11.5. The summed E-state index contributed by atoms with van der Waals surface area (Å²) in [5.41, 5.74) is 0.564. The predicted octanol–water partition coefficient (Wildman–Crippen LogP) is 1.67. The van der Waals surface area contributed by atoms with Crippen LogP contribution in [0.4, 0.5) is 5.69 Å². The Kier molecular flexibility index (Phi) is 4.12. The van der Waals surface area contributed by atoms with Gasteiger partial charge in [0.15, 0.2) is 0 Å². The van der Waals surface area contributed by atoms with Crippen molar-refractivity contribution in [2.45, 2.75) is 25.8 Å². The summed E-state index contributed by atoms with van der Waals surface area (Å²) in [4.78, 5) is 24.6. The third kappa shape index (κ3) is 2.68. The van der Waals surface area contributed by atoms with Gasteiger partial charge in [0.05, 0.1) is 25.3 Å². The standard InChI is InChI=1S/C14H17NO5/c1-3-13(16)15-9(6-14(17)18)8-20-12-5-4-10(19-2)7-11(12)15/h4-5,7,9H,3,6,8H2,1-2H3,(H,17,18)/t9-/m0/s1. The van der Waals surface area contributed by atoms with Gasteiger partial charge in [0.2, 0.25) is 5.91 Å². The lowest BCUT2D eigenvalue weighted by atomic mass is 10.1. The summed E-state index contributed by atoms with van der Waals surface area (Å²) in [5, 5.41) is 8.97. The van der Waals surface area contributed by atoms with Crippen LogP contribution >= 0.6 is 0 Å². The van der Waals surface area contributed by atoms with E-state index < -0.39 is 12.0 Å².